The van der Waals surface area contributed by atoms with Gasteiger partial charge in [0.15, 0.2) is 0 Å². The van der Waals surface area contributed by atoms with Crippen molar-refractivity contribution in [2.75, 3.05) is 13.2 Å². The molecular weight excluding hydrogens is 334 g/mol. The second kappa shape index (κ2) is 7.45. The molecule has 3 rings (SSSR count). The molecule has 1 aromatic heterocycles. The van der Waals surface area contributed by atoms with Gasteiger partial charge in [-0.3, -0.25) is 4.79 Å². The Labute approximate surface area is 150 Å². The summed E-state index contributed by atoms with van der Waals surface area (Å²) in [4.78, 5) is 26.4. The van der Waals surface area contributed by atoms with Gasteiger partial charge in [0.05, 0.1) is 12.1 Å². The second-order valence-corrected chi connectivity index (χ2v) is 5.48. The first-order valence-electron chi connectivity index (χ1n) is 8.37. The number of fused-ring (bicyclic) bond motifs is 1. The number of carbonyl (C=O) groups excluding carboxylic acids is 2. The highest BCUT2D eigenvalue weighted by Crippen LogP contribution is 2.29. The number of ketones is 1. The quantitative estimate of drug-likeness (QED) is 0.369. The van der Waals surface area contributed by atoms with Gasteiger partial charge < -0.3 is 9.47 Å². The fourth-order valence-corrected chi connectivity index (χ4v) is 2.79. The van der Waals surface area contributed by atoms with Crippen LogP contribution in [-0.4, -0.2) is 40.0 Å². The summed E-state index contributed by atoms with van der Waals surface area (Å²) in [6.45, 7) is 3.57. The van der Waals surface area contributed by atoms with Crippen molar-refractivity contribution >= 4 is 22.8 Å². The van der Waals surface area contributed by atoms with E-state index in [1.807, 2.05) is 0 Å². The molecular formula is C19H19N3O4. The smallest absolute Gasteiger partial charge is 0.370 e. The molecule has 0 spiro atoms. The number of benzene rings is 2. The van der Waals surface area contributed by atoms with Crippen molar-refractivity contribution in [2.45, 2.75) is 19.6 Å². The third-order valence-electron chi connectivity index (χ3n) is 3.90. The van der Waals surface area contributed by atoms with E-state index in [4.69, 9.17) is 9.47 Å². The first kappa shape index (κ1) is 17.8. The number of hydrogen-bond donors (Lipinski definition) is 0. The normalized spacial score (nSPS) is 13.3. The third kappa shape index (κ3) is 2.86. The van der Waals surface area contributed by atoms with Gasteiger partial charge in [-0.05, 0) is 26.0 Å². The van der Waals surface area contributed by atoms with Crippen molar-refractivity contribution in [3.63, 3.8) is 0 Å². The average Bonchev–Trinajstić information content (AvgIpc) is 3.11. The van der Waals surface area contributed by atoms with Crippen LogP contribution in [-0.2, 0) is 20.0 Å². The fraction of sp³-hybridized carbons (Fsp3) is 0.263. The Kier molecular flexibility index (Phi) is 5.09. The maximum absolute atomic E-state index is 13.4. The van der Waals surface area contributed by atoms with Gasteiger partial charge in [-0.1, -0.05) is 47.7 Å². The summed E-state index contributed by atoms with van der Waals surface area (Å²) in [5, 5.41) is 8.11. The van der Waals surface area contributed by atoms with Gasteiger partial charge in [0.1, 0.15) is 5.52 Å². The molecule has 0 aliphatic carbocycles. The fourth-order valence-electron chi connectivity index (χ4n) is 2.79. The number of esters is 1. The average molecular weight is 353 g/mol. The maximum Gasteiger partial charge on any atom is 0.370 e. The van der Waals surface area contributed by atoms with Gasteiger partial charge in [-0.2, -0.15) is 4.68 Å². The summed E-state index contributed by atoms with van der Waals surface area (Å²) in [5.41, 5.74) is -0.726. The molecule has 1 atom stereocenters. The summed E-state index contributed by atoms with van der Waals surface area (Å²) in [6, 6.07) is 15.5. The number of Topliss-reactive ketones (excluding diaryl/α,β-unsaturated/α-hetero) is 1. The molecule has 2 aromatic carbocycles. The molecule has 0 saturated carbocycles. The summed E-state index contributed by atoms with van der Waals surface area (Å²) in [6.07, 6.45) is 0. The predicted molar refractivity (Wildman–Crippen MR) is 94.5 cm³/mol. The first-order chi connectivity index (χ1) is 12.6. The van der Waals surface area contributed by atoms with Crippen LogP contribution in [0.1, 0.15) is 24.2 Å². The number of nitrogens with zero attached hydrogens (tertiary/aromatic N) is 3. The standard InChI is InChI=1S/C19H19N3O4/c1-3-25-18(24)19(26-4-2,17(23)14-10-6-5-7-11-14)22-16-13-9-8-12-15(16)20-21-22/h5-13H,3-4H2,1-2H3. The Hall–Kier alpha value is -3.06. The van der Waals surface area contributed by atoms with Gasteiger partial charge >= 0.3 is 11.7 Å². The molecule has 0 N–H and O–H groups in total. The van der Waals surface area contributed by atoms with Crippen molar-refractivity contribution in [1.82, 2.24) is 15.0 Å². The lowest BCUT2D eigenvalue weighted by molar-refractivity contribution is -0.178. The predicted octanol–water partition coefficient (Wildman–Crippen LogP) is 2.57. The second-order valence-electron chi connectivity index (χ2n) is 5.48. The Morgan fingerprint density at radius 1 is 1.00 bits per heavy atom. The van der Waals surface area contributed by atoms with Crippen molar-refractivity contribution < 1.29 is 19.1 Å². The van der Waals surface area contributed by atoms with E-state index in [0.717, 1.165) is 0 Å². The molecule has 0 bridgehead atoms. The third-order valence-corrected chi connectivity index (χ3v) is 3.90. The number of aromatic nitrogens is 3. The SMILES string of the molecule is CCOC(=O)C(OCC)(C(=O)c1ccccc1)n1nnc2ccccc21. The van der Waals surface area contributed by atoms with Crippen LogP contribution < -0.4 is 0 Å². The zero-order valence-corrected chi connectivity index (χ0v) is 14.6. The minimum atomic E-state index is -2.08. The molecule has 1 unspecified atom stereocenters. The van der Waals surface area contributed by atoms with Gasteiger partial charge in [0.25, 0.3) is 0 Å². The minimum Gasteiger partial charge on any atom is -0.462 e. The lowest BCUT2D eigenvalue weighted by Gasteiger charge is -2.29. The number of ether oxygens (including phenoxy) is 2. The van der Waals surface area contributed by atoms with Crippen LogP contribution in [0.4, 0.5) is 0 Å². The zero-order valence-electron chi connectivity index (χ0n) is 14.6. The van der Waals surface area contributed by atoms with Crippen LogP contribution in [0.5, 0.6) is 0 Å². The molecule has 0 aliphatic heterocycles. The van der Waals surface area contributed by atoms with Crippen LogP contribution in [0.25, 0.3) is 11.0 Å². The van der Waals surface area contributed by atoms with Crippen molar-refractivity contribution in [3.05, 3.63) is 60.2 Å². The molecule has 0 amide bonds. The number of carbonyl (C=O) groups is 2. The Bertz CT molecular complexity index is 923. The summed E-state index contributed by atoms with van der Waals surface area (Å²) < 4.78 is 12.2. The summed E-state index contributed by atoms with van der Waals surface area (Å²) in [5.74, 6) is -1.39. The van der Waals surface area contributed by atoms with E-state index in [0.29, 0.717) is 16.6 Å². The van der Waals surface area contributed by atoms with Crippen molar-refractivity contribution in [1.29, 1.82) is 0 Å². The summed E-state index contributed by atoms with van der Waals surface area (Å²) >= 11 is 0. The minimum absolute atomic E-state index is 0.0996. The highest BCUT2D eigenvalue weighted by atomic mass is 16.6. The molecule has 7 nitrogen and oxygen atoms in total. The van der Waals surface area contributed by atoms with Gasteiger partial charge in [0.2, 0.25) is 5.78 Å². The lowest BCUT2D eigenvalue weighted by atomic mass is 10.00. The molecule has 0 radical (unpaired) electrons. The Balaban J connectivity index is 2.27. The maximum atomic E-state index is 13.4. The van der Waals surface area contributed by atoms with Crippen LogP contribution in [0, 0.1) is 0 Å². The molecule has 0 saturated heterocycles. The van der Waals surface area contributed by atoms with Gasteiger partial charge in [-0.15, -0.1) is 5.10 Å². The monoisotopic (exact) mass is 353 g/mol. The van der Waals surface area contributed by atoms with Crippen LogP contribution in [0.15, 0.2) is 54.6 Å². The zero-order chi connectivity index (χ0) is 18.6. The van der Waals surface area contributed by atoms with E-state index in [1.165, 1.54) is 4.68 Å². The van der Waals surface area contributed by atoms with E-state index in [1.54, 1.807) is 68.4 Å². The topological polar surface area (TPSA) is 83.3 Å². The molecule has 3 aromatic rings. The van der Waals surface area contributed by atoms with Crippen molar-refractivity contribution in [3.8, 4) is 0 Å². The highest BCUT2D eigenvalue weighted by molar-refractivity contribution is 6.13. The molecule has 26 heavy (non-hydrogen) atoms. The van der Waals surface area contributed by atoms with E-state index in [-0.39, 0.29) is 13.2 Å². The van der Waals surface area contributed by atoms with E-state index >= 15 is 0 Å². The van der Waals surface area contributed by atoms with E-state index in [9.17, 15) is 9.59 Å². The number of hydrogen-bond acceptors (Lipinski definition) is 6. The Morgan fingerprint density at radius 2 is 1.69 bits per heavy atom. The van der Waals surface area contributed by atoms with Crippen LogP contribution in [0.2, 0.25) is 0 Å². The van der Waals surface area contributed by atoms with Gasteiger partial charge in [-0.25, -0.2) is 4.79 Å². The number of para-hydroxylation sites is 1. The van der Waals surface area contributed by atoms with Gasteiger partial charge in [0, 0.05) is 12.2 Å². The molecule has 0 fully saturated rings. The highest BCUT2D eigenvalue weighted by Gasteiger charge is 2.53. The van der Waals surface area contributed by atoms with Crippen molar-refractivity contribution in [2.24, 2.45) is 0 Å². The Morgan fingerprint density at radius 3 is 2.38 bits per heavy atom. The lowest BCUT2D eigenvalue weighted by Crippen LogP contribution is -2.53. The largest absolute Gasteiger partial charge is 0.462 e. The van der Waals surface area contributed by atoms with E-state index in [2.05, 4.69) is 10.3 Å². The molecule has 134 valence electrons. The van der Waals surface area contributed by atoms with E-state index < -0.39 is 17.5 Å². The first-order valence-corrected chi connectivity index (χ1v) is 8.37. The number of rotatable bonds is 7. The molecule has 1 heterocycles. The molecule has 7 heteroatoms. The van der Waals surface area contributed by atoms with Crippen LogP contribution in [0.3, 0.4) is 0 Å². The van der Waals surface area contributed by atoms with Crippen LogP contribution >= 0.6 is 0 Å². The summed E-state index contributed by atoms with van der Waals surface area (Å²) in [7, 11) is 0. The molecule has 0 aliphatic rings.